The number of anilines is 3. The van der Waals surface area contributed by atoms with Gasteiger partial charge in [-0.05, 0) is 88.0 Å². The van der Waals surface area contributed by atoms with Gasteiger partial charge in [-0.15, -0.1) is 22.7 Å². The number of hydrogen-bond donors (Lipinski definition) is 0. The van der Waals surface area contributed by atoms with Crippen LogP contribution in [0, 0.1) is 0 Å². The Morgan fingerprint density at radius 1 is 0.333 bits per heavy atom. The SMILES string of the molecule is c1ccc(-c2ccc(N(c3cc(-c4ccccc4)cc(-c4cccc5c4sc4ccccc45)c3)c3cccc4sc5ccccc5c34)cc2)cc1. The van der Waals surface area contributed by atoms with E-state index in [1.54, 1.807) is 0 Å². The molecule has 0 fully saturated rings. The fourth-order valence-corrected chi connectivity index (χ4v) is 9.84. The van der Waals surface area contributed by atoms with Crippen LogP contribution in [0.2, 0.25) is 0 Å². The topological polar surface area (TPSA) is 3.24 Å². The summed E-state index contributed by atoms with van der Waals surface area (Å²) in [5.41, 5.74) is 10.7. The van der Waals surface area contributed by atoms with Crippen molar-refractivity contribution in [1.29, 1.82) is 0 Å². The van der Waals surface area contributed by atoms with Crippen LogP contribution in [-0.4, -0.2) is 0 Å². The molecular formula is C48H31NS2. The number of rotatable bonds is 6. The lowest BCUT2D eigenvalue weighted by molar-refractivity contribution is 1.30. The van der Waals surface area contributed by atoms with Gasteiger partial charge >= 0.3 is 0 Å². The van der Waals surface area contributed by atoms with E-state index in [1.165, 1.54) is 79.4 Å². The Hall–Kier alpha value is -6.00. The summed E-state index contributed by atoms with van der Waals surface area (Å²) in [6, 6.07) is 68.7. The normalized spacial score (nSPS) is 11.5. The Balaban J connectivity index is 1.25. The molecule has 0 saturated carbocycles. The van der Waals surface area contributed by atoms with E-state index in [0.717, 1.165) is 11.4 Å². The van der Waals surface area contributed by atoms with Crippen LogP contribution in [-0.2, 0) is 0 Å². The van der Waals surface area contributed by atoms with Gasteiger partial charge in [-0.25, -0.2) is 0 Å². The third kappa shape index (κ3) is 5.21. The van der Waals surface area contributed by atoms with Gasteiger partial charge in [-0.1, -0.05) is 133 Å². The smallest absolute Gasteiger partial charge is 0.0554 e. The fourth-order valence-electron chi connectivity index (χ4n) is 7.47. The van der Waals surface area contributed by atoms with E-state index >= 15 is 0 Å². The standard InChI is InChI=1S/C48H31NS2/c1-3-13-32(14-4-1)34-25-27-37(28-26-34)49(43-21-12-24-46-47(43)42-18-8-10-23-45(42)50-46)38-30-35(33-15-5-2-6-16-33)29-36(31-38)39-19-11-20-41-40-17-7-9-22-44(40)51-48(39)41/h1-31H. The first-order valence-corrected chi connectivity index (χ1v) is 18.9. The van der Waals surface area contributed by atoms with Crippen LogP contribution in [0.25, 0.3) is 73.7 Å². The van der Waals surface area contributed by atoms with Crippen molar-refractivity contribution in [2.45, 2.75) is 0 Å². The first-order valence-electron chi connectivity index (χ1n) is 17.3. The second-order valence-corrected chi connectivity index (χ2v) is 15.0. The van der Waals surface area contributed by atoms with Crippen molar-refractivity contribution in [3.8, 4) is 33.4 Å². The highest BCUT2D eigenvalue weighted by atomic mass is 32.1. The molecule has 10 aromatic rings. The average Bonchev–Trinajstić information content (AvgIpc) is 3.78. The lowest BCUT2D eigenvalue weighted by atomic mass is 9.96. The Labute approximate surface area is 304 Å². The van der Waals surface area contributed by atoms with Crippen molar-refractivity contribution in [3.63, 3.8) is 0 Å². The molecule has 0 N–H and O–H groups in total. The Morgan fingerprint density at radius 3 is 1.67 bits per heavy atom. The molecule has 2 heterocycles. The minimum Gasteiger partial charge on any atom is -0.310 e. The Morgan fingerprint density at radius 2 is 0.902 bits per heavy atom. The number of fused-ring (bicyclic) bond motifs is 6. The minimum atomic E-state index is 1.12. The zero-order valence-corrected chi connectivity index (χ0v) is 29.3. The summed E-state index contributed by atoms with van der Waals surface area (Å²) in [5.74, 6) is 0. The highest BCUT2D eigenvalue weighted by Crippen LogP contribution is 2.48. The molecule has 0 spiro atoms. The van der Waals surface area contributed by atoms with Crippen molar-refractivity contribution < 1.29 is 0 Å². The molecule has 0 aliphatic carbocycles. The molecular weight excluding hydrogens is 655 g/mol. The van der Waals surface area contributed by atoms with Gasteiger partial charge < -0.3 is 4.90 Å². The zero-order valence-electron chi connectivity index (χ0n) is 27.7. The minimum absolute atomic E-state index is 1.12. The maximum absolute atomic E-state index is 2.47. The van der Waals surface area contributed by atoms with Crippen molar-refractivity contribution in [1.82, 2.24) is 0 Å². The largest absolute Gasteiger partial charge is 0.310 e. The van der Waals surface area contributed by atoms with Gasteiger partial charge in [-0.3, -0.25) is 0 Å². The zero-order chi connectivity index (χ0) is 33.7. The van der Waals surface area contributed by atoms with E-state index in [9.17, 15) is 0 Å². The van der Waals surface area contributed by atoms with Gasteiger partial charge in [0.1, 0.15) is 0 Å². The van der Waals surface area contributed by atoms with Crippen LogP contribution in [0.3, 0.4) is 0 Å². The molecule has 10 rings (SSSR count). The number of nitrogens with zero attached hydrogens (tertiary/aromatic N) is 1. The van der Waals surface area contributed by atoms with Crippen LogP contribution >= 0.6 is 22.7 Å². The first kappa shape index (κ1) is 29.9. The molecule has 240 valence electrons. The van der Waals surface area contributed by atoms with E-state index in [2.05, 4.69) is 193 Å². The summed E-state index contributed by atoms with van der Waals surface area (Å²) in [7, 11) is 0. The molecule has 2 aromatic heterocycles. The molecule has 0 bridgehead atoms. The molecule has 51 heavy (non-hydrogen) atoms. The van der Waals surface area contributed by atoms with Gasteiger partial charge in [0.25, 0.3) is 0 Å². The third-order valence-corrected chi connectivity index (χ3v) is 12.2. The number of benzene rings is 8. The van der Waals surface area contributed by atoms with Crippen molar-refractivity contribution >= 4 is 80.1 Å². The predicted molar refractivity (Wildman–Crippen MR) is 223 cm³/mol. The summed E-state index contributed by atoms with van der Waals surface area (Å²) < 4.78 is 5.22. The summed E-state index contributed by atoms with van der Waals surface area (Å²) in [6.07, 6.45) is 0. The van der Waals surface area contributed by atoms with Gasteiger partial charge in [0.05, 0.1) is 5.69 Å². The van der Waals surface area contributed by atoms with E-state index < -0.39 is 0 Å². The van der Waals surface area contributed by atoms with Crippen LogP contribution in [0.1, 0.15) is 0 Å². The second kappa shape index (κ2) is 12.4. The van der Waals surface area contributed by atoms with E-state index in [0.29, 0.717) is 0 Å². The summed E-state index contributed by atoms with van der Waals surface area (Å²) >= 11 is 3.74. The van der Waals surface area contributed by atoms with Crippen molar-refractivity contribution in [3.05, 3.63) is 188 Å². The fraction of sp³-hybridized carbons (Fsp3) is 0. The molecule has 0 unspecified atom stereocenters. The molecule has 3 heteroatoms. The number of thiophene rings is 2. The summed E-state index contributed by atoms with van der Waals surface area (Å²) in [6.45, 7) is 0. The highest BCUT2D eigenvalue weighted by molar-refractivity contribution is 7.26. The van der Waals surface area contributed by atoms with Gasteiger partial charge in [-0.2, -0.15) is 0 Å². The van der Waals surface area contributed by atoms with Crippen LogP contribution in [0.5, 0.6) is 0 Å². The quantitative estimate of drug-likeness (QED) is 0.168. The maximum Gasteiger partial charge on any atom is 0.0554 e. The van der Waals surface area contributed by atoms with Crippen LogP contribution < -0.4 is 4.90 Å². The van der Waals surface area contributed by atoms with Crippen LogP contribution in [0.4, 0.5) is 17.1 Å². The van der Waals surface area contributed by atoms with E-state index in [4.69, 9.17) is 0 Å². The predicted octanol–water partition coefficient (Wildman–Crippen LogP) is 14.9. The van der Waals surface area contributed by atoms with E-state index in [-0.39, 0.29) is 0 Å². The molecule has 1 nitrogen and oxygen atoms in total. The van der Waals surface area contributed by atoms with Gasteiger partial charge in [0.2, 0.25) is 0 Å². The molecule has 0 aliphatic rings. The molecule has 0 radical (unpaired) electrons. The first-order chi connectivity index (χ1) is 25.3. The Bertz CT molecular complexity index is 2850. The molecule has 0 amide bonds. The molecule has 0 atom stereocenters. The van der Waals surface area contributed by atoms with Crippen LogP contribution in [0.15, 0.2) is 188 Å². The molecule has 0 aliphatic heterocycles. The molecule has 0 saturated heterocycles. The highest BCUT2D eigenvalue weighted by Gasteiger charge is 2.21. The van der Waals surface area contributed by atoms with Gasteiger partial charge in [0.15, 0.2) is 0 Å². The third-order valence-electron chi connectivity index (χ3n) is 9.85. The number of hydrogen-bond acceptors (Lipinski definition) is 3. The average molecular weight is 686 g/mol. The second-order valence-electron chi connectivity index (χ2n) is 12.9. The molecule has 8 aromatic carbocycles. The summed E-state index contributed by atoms with van der Waals surface area (Å²) in [4.78, 5) is 2.47. The maximum atomic E-state index is 2.47. The lowest BCUT2D eigenvalue weighted by Gasteiger charge is -2.28. The monoisotopic (exact) mass is 685 g/mol. The Kier molecular flexibility index (Phi) is 7.26. The summed E-state index contributed by atoms with van der Waals surface area (Å²) in [5, 5.41) is 5.19. The van der Waals surface area contributed by atoms with Gasteiger partial charge in [0, 0.05) is 51.7 Å². The lowest BCUT2D eigenvalue weighted by Crippen LogP contribution is -2.10. The van der Waals surface area contributed by atoms with E-state index in [1.807, 2.05) is 22.7 Å². The van der Waals surface area contributed by atoms with Crippen molar-refractivity contribution in [2.75, 3.05) is 4.90 Å². The van der Waals surface area contributed by atoms with Crippen molar-refractivity contribution in [2.24, 2.45) is 0 Å².